The van der Waals surface area contributed by atoms with E-state index in [0.717, 1.165) is 28.8 Å². The number of nitrogens with zero attached hydrogens (tertiary/aromatic N) is 2. The summed E-state index contributed by atoms with van der Waals surface area (Å²) in [6.45, 7) is 4.30. The van der Waals surface area contributed by atoms with E-state index in [1.54, 1.807) is 6.07 Å². The van der Waals surface area contributed by atoms with Crippen LogP contribution in [0.1, 0.15) is 37.0 Å². The summed E-state index contributed by atoms with van der Waals surface area (Å²) in [5.74, 6) is 0. The van der Waals surface area contributed by atoms with E-state index >= 15 is 0 Å². The van der Waals surface area contributed by atoms with Crippen molar-refractivity contribution in [2.45, 2.75) is 25.7 Å². The third-order valence-corrected chi connectivity index (χ3v) is 4.11. The van der Waals surface area contributed by atoms with Crippen LogP contribution >= 0.6 is 0 Å². The van der Waals surface area contributed by atoms with Gasteiger partial charge >= 0.3 is 0 Å². The van der Waals surface area contributed by atoms with Crippen LogP contribution in [-0.4, -0.2) is 10.9 Å². The number of fused-ring (bicyclic) bond motifs is 1. The molecule has 3 rings (SSSR count). The Balaban J connectivity index is 2.14. The number of nitriles is 1. The SMILES string of the molecule is CC1(C)C/C(=N\O)c2ccc(-c3cccc(C#N)c3)cc21. The van der Waals surface area contributed by atoms with Gasteiger partial charge in [-0.3, -0.25) is 0 Å². The topological polar surface area (TPSA) is 56.4 Å². The lowest BCUT2D eigenvalue weighted by atomic mass is 9.85. The van der Waals surface area contributed by atoms with Crippen molar-refractivity contribution in [3.05, 3.63) is 59.2 Å². The van der Waals surface area contributed by atoms with E-state index < -0.39 is 0 Å². The lowest BCUT2D eigenvalue weighted by Gasteiger charge is -2.18. The first-order chi connectivity index (χ1) is 10.0. The molecule has 3 heteroatoms. The Bertz CT molecular complexity index is 782. The predicted octanol–water partition coefficient (Wildman–Crippen LogP) is 4.08. The molecule has 0 unspecified atom stereocenters. The van der Waals surface area contributed by atoms with Crippen molar-refractivity contribution in [1.29, 1.82) is 5.26 Å². The van der Waals surface area contributed by atoms with Crippen LogP contribution in [-0.2, 0) is 5.41 Å². The van der Waals surface area contributed by atoms with E-state index in [2.05, 4.69) is 31.1 Å². The minimum absolute atomic E-state index is 0.0419. The van der Waals surface area contributed by atoms with Crippen molar-refractivity contribution in [2.24, 2.45) is 5.16 Å². The number of benzene rings is 2. The molecule has 0 saturated carbocycles. The second kappa shape index (κ2) is 4.75. The molecule has 21 heavy (non-hydrogen) atoms. The summed E-state index contributed by atoms with van der Waals surface area (Å²) in [6.07, 6.45) is 0.737. The average Bonchev–Trinajstić information content (AvgIpc) is 2.78. The Morgan fingerprint density at radius 2 is 1.90 bits per heavy atom. The maximum atomic E-state index is 9.15. The van der Waals surface area contributed by atoms with Crippen LogP contribution in [0.3, 0.4) is 0 Å². The van der Waals surface area contributed by atoms with Crippen LogP contribution in [0, 0.1) is 11.3 Å². The molecule has 3 nitrogen and oxygen atoms in total. The van der Waals surface area contributed by atoms with Gasteiger partial charge in [-0.05, 0) is 40.3 Å². The Morgan fingerprint density at radius 1 is 1.14 bits per heavy atom. The highest BCUT2D eigenvalue weighted by molar-refractivity contribution is 6.06. The molecule has 1 aliphatic rings. The minimum atomic E-state index is -0.0419. The maximum Gasteiger partial charge on any atom is 0.0991 e. The highest BCUT2D eigenvalue weighted by Gasteiger charge is 2.34. The molecular formula is C18H16N2O. The van der Waals surface area contributed by atoms with E-state index in [4.69, 9.17) is 10.5 Å². The standard InChI is InChI=1S/C18H16N2O/c1-18(2)10-17(20-21)15-7-6-14(9-16(15)18)13-5-3-4-12(8-13)11-19/h3-9,21H,10H2,1-2H3/b20-17+. The highest BCUT2D eigenvalue weighted by atomic mass is 16.4. The molecule has 0 aliphatic heterocycles. The number of oxime groups is 1. The van der Waals surface area contributed by atoms with Gasteiger partial charge in [-0.15, -0.1) is 0 Å². The summed E-state index contributed by atoms with van der Waals surface area (Å²) in [4.78, 5) is 0. The van der Waals surface area contributed by atoms with E-state index in [9.17, 15) is 0 Å². The number of rotatable bonds is 1. The molecule has 0 aromatic heterocycles. The van der Waals surface area contributed by atoms with Crippen molar-refractivity contribution < 1.29 is 5.21 Å². The number of hydrogen-bond acceptors (Lipinski definition) is 3. The summed E-state index contributed by atoms with van der Waals surface area (Å²) in [5.41, 5.74) is 5.68. The molecular weight excluding hydrogens is 260 g/mol. The molecule has 0 amide bonds. The van der Waals surface area contributed by atoms with Crippen molar-refractivity contribution in [3.63, 3.8) is 0 Å². The molecule has 2 aromatic carbocycles. The van der Waals surface area contributed by atoms with Crippen molar-refractivity contribution in [1.82, 2.24) is 0 Å². The van der Waals surface area contributed by atoms with Crippen LogP contribution in [0.4, 0.5) is 0 Å². The molecule has 0 bridgehead atoms. The molecule has 0 atom stereocenters. The third kappa shape index (κ3) is 2.19. The second-order valence-electron chi connectivity index (χ2n) is 6.06. The third-order valence-electron chi connectivity index (χ3n) is 4.11. The fourth-order valence-corrected chi connectivity index (χ4v) is 3.00. The van der Waals surface area contributed by atoms with E-state index in [1.807, 2.05) is 30.3 Å². The Hall–Kier alpha value is -2.60. The lowest BCUT2D eigenvalue weighted by Crippen LogP contribution is -2.12. The smallest absolute Gasteiger partial charge is 0.0991 e. The van der Waals surface area contributed by atoms with Gasteiger partial charge in [-0.25, -0.2) is 0 Å². The average molecular weight is 276 g/mol. The second-order valence-corrected chi connectivity index (χ2v) is 6.06. The van der Waals surface area contributed by atoms with Gasteiger partial charge < -0.3 is 5.21 Å². The van der Waals surface area contributed by atoms with Crippen LogP contribution in [0.25, 0.3) is 11.1 Å². The first kappa shape index (κ1) is 13.4. The van der Waals surface area contributed by atoms with Gasteiger partial charge in [-0.2, -0.15) is 5.26 Å². The normalized spacial score (nSPS) is 17.5. The molecule has 2 aromatic rings. The lowest BCUT2D eigenvalue weighted by molar-refractivity contribution is 0.317. The zero-order valence-corrected chi connectivity index (χ0v) is 12.1. The van der Waals surface area contributed by atoms with Crippen molar-refractivity contribution in [2.75, 3.05) is 0 Å². The first-order valence-electron chi connectivity index (χ1n) is 6.91. The fourth-order valence-electron chi connectivity index (χ4n) is 3.00. The Morgan fingerprint density at radius 3 is 2.62 bits per heavy atom. The Labute approximate surface area is 124 Å². The van der Waals surface area contributed by atoms with Gasteiger partial charge in [0, 0.05) is 12.0 Å². The number of hydrogen-bond donors (Lipinski definition) is 1. The van der Waals surface area contributed by atoms with Gasteiger partial charge in [0.15, 0.2) is 0 Å². The molecule has 0 radical (unpaired) electrons. The zero-order chi connectivity index (χ0) is 15.0. The summed E-state index contributed by atoms with van der Waals surface area (Å²) >= 11 is 0. The predicted molar refractivity (Wildman–Crippen MR) is 82.6 cm³/mol. The van der Waals surface area contributed by atoms with Crippen LogP contribution in [0.2, 0.25) is 0 Å². The van der Waals surface area contributed by atoms with E-state index in [0.29, 0.717) is 5.56 Å². The maximum absolute atomic E-state index is 9.15. The molecule has 104 valence electrons. The van der Waals surface area contributed by atoms with Crippen molar-refractivity contribution >= 4 is 5.71 Å². The van der Waals surface area contributed by atoms with Gasteiger partial charge in [0.1, 0.15) is 0 Å². The van der Waals surface area contributed by atoms with Gasteiger partial charge in [0.25, 0.3) is 0 Å². The first-order valence-corrected chi connectivity index (χ1v) is 6.91. The monoisotopic (exact) mass is 276 g/mol. The summed E-state index contributed by atoms with van der Waals surface area (Å²) in [7, 11) is 0. The summed E-state index contributed by atoms with van der Waals surface area (Å²) in [5, 5.41) is 21.6. The van der Waals surface area contributed by atoms with Crippen LogP contribution < -0.4 is 0 Å². The molecule has 0 saturated heterocycles. The molecule has 1 N–H and O–H groups in total. The summed E-state index contributed by atoms with van der Waals surface area (Å²) in [6, 6.07) is 15.9. The quantitative estimate of drug-likeness (QED) is 0.630. The Kier molecular flexibility index (Phi) is 3.03. The van der Waals surface area contributed by atoms with E-state index in [1.165, 1.54) is 5.56 Å². The summed E-state index contributed by atoms with van der Waals surface area (Å²) < 4.78 is 0. The molecule has 0 spiro atoms. The largest absolute Gasteiger partial charge is 0.411 e. The van der Waals surface area contributed by atoms with E-state index in [-0.39, 0.29) is 5.41 Å². The molecule has 0 fully saturated rings. The minimum Gasteiger partial charge on any atom is -0.411 e. The molecule has 0 heterocycles. The van der Waals surface area contributed by atoms with Gasteiger partial charge in [0.2, 0.25) is 0 Å². The highest BCUT2D eigenvalue weighted by Crippen LogP contribution is 2.40. The molecule has 1 aliphatic carbocycles. The van der Waals surface area contributed by atoms with Crippen molar-refractivity contribution in [3.8, 4) is 17.2 Å². The van der Waals surface area contributed by atoms with Gasteiger partial charge in [0.05, 0.1) is 17.3 Å². The van der Waals surface area contributed by atoms with Crippen LogP contribution in [0.15, 0.2) is 47.6 Å². The zero-order valence-electron chi connectivity index (χ0n) is 12.1. The van der Waals surface area contributed by atoms with Gasteiger partial charge in [-0.1, -0.05) is 43.3 Å². The fraction of sp³-hybridized carbons (Fsp3) is 0.222. The van der Waals surface area contributed by atoms with Crippen LogP contribution in [0.5, 0.6) is 0 Å².